The Hall–Kier alpha value is -0.0600. The van der Waals surface area contributed by atoms with Gasteiger partial charge in [0.2, 0.25) is 0 Å². The van der Waals surface area contributed by atoms with Gasteiger partial charge < -0.3 is 5.32 Å². The van der Waals surface area contributed by atoms with Crippen molar-refractivity contribution in [3.05, 3.63) is 16.1 Å². The van der Waals surface area contributed by atoms with Gasteiger partial charge in [-0.25, -0.2) is 4.98 Å². The molecule has 0 radical (unpaired) electrons. The highest BCUT2D eigenvalue weighted by molar-refractivity contribution is 7.99. The topological polar surface area (TPSA) is 24.9 Å². The number of aromatic nitrogens is 1. The molecule has 2 rings (SSSR count). The van der Waals surface area contributed by atoms with Crippen LogP contribution >= 0.6 is 23.1 Å². The molecule has 1 N–H and O–H groups in total. The van der Waals surface area contributed by atoms with E-state index in [1.54, 1.807) is 0 Å². The van der Waals surface area contributed by atoms with Gasteiger partial charge >= 0.3 is 0 Å². The summed E-state index contributed by atoms with van der Waals surface area (Å²) >= 11 is 3.87. The van der Waals surface area contributed by atoms with Crippen molar-refractivity contribution < 1.29 is 0 Å². The molecule has 102 valence electrons. The summed E-state index contributed by atoms with van der Waals surface area (Å²) in [5.74, 6) is 2.39. The summed E-state index contributed by atoms with van der Waals surface area (Å²) in [5, 5.41) is 7.25. The molecule has 0 spiro atoms. The third kappa shape index (κ3) is 3.09. The molecule has 0 bridgehead atoms. The smallest absolute Gasteiger partial charge is 0.114 e. The molecule has 18 heavy (non-hydrogen) atoms. The van der Waals surface area contributed by atoms with Crippen LogP contribution in [0.5, 0.6) is 0 Å². The molecule has 0 amide bonds. The molecule has 4 heteroatoms. The van der Waals surface area contributed by atoms with Crippen LogP contribution in [0.1, 0.15) is 44.8 Å². The van der Waals surface area contributed by atoms with Crippen LogP contribution in [0.3, 0.4) is 0 Å². The Kier molecular flexibility index (Phi) is 4.10. The molecule has 1 aliphatic heterocycles. The van der Waals surface area contributed by atoms with Gasteiger partial charge in [-0.05, 0) is 38.4 Å². The number of aryl methyl sites for hydroxylation is 1. The molecule has 1 fully saturated rings. The van der Waals surface area contributed by atoms with Crippen molar-refractivity contribution >= 4 is 23.1 Å². The lowest BCUT2D eigenvalue weighted by Gasteiger charge is -2.45. The fraction of sp³-hybridized carbons (Fsp3) is 0.786. The maximum atomic E-state index is 4.77. The minimum atomic E-state index is 0.0690. The summed E-state index contributed by atoms with van der Waals surface area (Å²) in [5.41, 5.74) is 1.59. The standard InChI is InChI=1S/C14H24N2S2/c1-10(2)16-14(12-15-11(3)6-18-12)7-13(4,5)8-17-9-14/h6,10,16H,7-9H2,1-5H3. The summed E-state index contributed by atoms with van der Waals surface area (Å²) in [6, 6.07) is 0.490. The molecule has 2 nitrogen and oxygen atoms in total. The fourth-order valence-corrected chi connectivity index (χ4v) is 5.32. The second-order valence-corrected chi connectivity index (χ2v) is 8.35. The van der Waals surface area contributed by atoms with Crippen LogP contribution in [0.4, 0.5) is 0 Å². The summed E-state index contributed by atoms with van der Waals surface area (Å²) in [6.07, 6.45) is 1.18. The first-order chi connectivity index (χ1) is 8.33. The van der Waals surface area contributed by atoms with Gasteiger partial charge in [-0.3, -0.25) is 0 Å². The first-order valence-corrected chi connectivity index (χ1v) is 8.65. The highest BCUT2D eigenvalue weighted by Gasteiger charge is 2.43. The van der Waals surface area contributed by atoms with E-state index in [0.717, 1.165) is 11.4 Å². The van der Waals surface area contributed by atoms with Crippen LogP contribution in [-0.4, -0.2) is 22.5 Å². The molecule has 1 atom stereocenters. The molecule has 0 saturated carbocycles. The van der Waals surface area contributed by atoms with Crippen LogP contribution in [-0.2, 0) is 5.54 Å². The maximum absolute atomic E-state index is 4.77. The number of hydrogen-bond acceptors (Lipinski definition) is 4. The molecule has 1 saturated heterocycles. The summed E-state index contributed by atoms with van der Waals surface area (Å²) < 4.78 is 0. The first-order valence-electron chi connectivity index (χ1n) is 6.61. The second kappa shape index (κ2) is 5.14. The summed E-state index contributed by atoms with van der Waals surface area (Å²) in [6.45, 7) is 11.3. The van der Waals surface area contributed by atoms with E-state index in [4.69, 9.17) is 4.98 Å². The van der Waals surface area contributed by atoms with Crippen molar-refractivity contribution in [2.45, 2.75) is 52.6 Å². The van der Waals surface area contributed by atoms with Crippen molar-refractivity contribution in [2.24, 2.45) is 5.41 Å². The quantitative estimate of drug-likeness (QED) is 0.913. The van der Waals surface area contributed by atoms with Gasteiger partial charge in [-0.2, -0.15) is 11.8 Å². The molecule has 1 aromatic rings. The van der Waals surface area contributed by atoms with E-state index in [1.807, 2.05) is 11.3 Å². The predicted octanol–water partition coefficient (Wildman–Crippen LogP) is 3.81. The first kappa shape index (κ1) is 14.4. The fourth-order valence-electron chi connectivity index (χ4n) is 2.84. The Morgan fingerprint density at radius 3 is 2.56 bits per heavy atom. The van der Waals surface area contributed by atoms with Crippen LogP contribution in [0.25, 0.3) is 0 Å². The molecular weight excluding hydrogens is 260 g/mol. The third-order valence-corrected chi connectivity index (χ3v) is 6.06. The van der Waals surface area contributed by atoms with Gasteiger partial charge in [0.1, 0.15) is 5.01 Å². The minimum absolute atomic E-state index is 0.0690. The van der Waals surface area contributed by atoms with Crippen molar-refractivity contribution in [1.29, 1.82) is 0 Å². The number of nitrogens with one attached hydrogen (secondary N) is 1. The molecule has 1 aliphatic rings. The van der Waals surface area contributed by atoms with Crippen LogP contribution in [0.15, 0.2) is 5.38 Å². The van der Waals surface area contributed by atoms with Crippen LogP contribution < -0.4 is 5.32 Å². The highest BCUT2D eigenvalue weighted by atomic mass is 32.2. The molecule has 0 aliphatic carbocycles. The van der Waals surface area contributed by atoms with Gasteiger partial charge in [-0.15, -0.1) is 11.3 Å². The Labute approximate surface area is 119 Å². The van der Waals surface area contributed by atoms with E-state index in [-0.39, 0.29) is 5.54 Å². The lowest BCUT2D eigenvalue weighted by atomic mass is 9.79. The highest BCUT2D eigenvalue weighted by Crippen LogP contribution is 2.45. The number of thiazole rings is 1. The average Bonchev–Trinajstić information content (AvgIpc) is 2.62. The van der Waals surface area contributed by atoms with Crippen LogP contribution in [0.2, 0.25) is 0 Å². The zero-order chi connectivity index (χ0) is 13.4. The Morgan fingerprint density at radius 1 is 1.33 bits per heavy atom. The van der Waals surface area contributed by atoms with Gasteiger partial charge in [-0.1, -0.05) is 13.8 Å². The number of nitrogens with zero attached hydrogens (tertiary/aromatic N) is 1. The summed E-state index contributed by atoms with van der Waals surface area (Å²) in [4.78, 5) is 4.77. The number of rotatable bonds is 3. The Balaban J connectivity index is 2.34. The summed E-state index contributed by atoms with van der Waals surface area (Å²) in [7, 11) is 0. The van der Waals surface area contributed by atoms with Gasteiger partial charge in [0, 0.05) is 22.9 Å². The van der Waals surface area contributed by atoms with Crippen LogP contribution in [0, 0.1) is 12.3 Å². The second-order valence-electron chi connectivity index (χ2n) is 6.51. The lowest BCUT2D eigenvalue weighted by Crippen LogP contribution is -2.53. The normalized spacial score (nSPS) is 27.7. The Morgan fingerprint density at radius 2 is 2.06 bits per heavy atom. The van der Waals surface area contributed by atoms with Crippen molar-refractivity contribution in [1.82, 2.24) is 10.3 Å². The maximum Gasteiger partial charge on any atom is 0.114 e. The van der Waals surface area contributed by atoms with E-state index in [2.05, 4.69) is 57.1 Å². The SMILES string of the molecule is Cc1csc(C2(NC(C)C)CSCC(C)(C)C2)n1. The van der Waals surface area contributed by atoms with E-state index >= 15 is 0 Å². The van der Waals surface area contributed by atoms with Gasteiger partial charge in [0.25, 0.3) is 0 Å². The zero-order valence-corrected chi connectivity index (χ0v) is 13.7. The molecular formula is C14H24N2S2. The van der Waals surface area contributed by atoms with Crippen molar-refractivity contribution in [3.63, 3.8) is 0 Å². The van der Waals surface area contributed by atoms with E-state index in [9.17, 15) is 0 Å². The van der Waals surface area contributed by atoms with Gasteiger partial charge in [0.15, 0.2) is 0 Å². The van der Waals surface area contributed by atoms with E-state index in [1.165, 1.54) is 17.2 Å². The monoisotopic (exact) mass is 284 g/mol. The molecule has 1 unspecified atom stereocenters. The number of thioether (sulfide) groups is 1. The molecule has 2 heterocycles. The van der Waals surface area contributed by atoms with Gasteiger partial charge in [0.05, 0.1) is 5.54 Å². The average molecular weight is 284 g/mol. The molecule has 0 aromatic carbocycles. The lowest BCUT2D eigenvalue weighted by molar-refractivity contribution is 0.211. The minimum Gasteiger partial charge on any atom is -0.302 e. The Bertz CT molecular complexity index is 412. The zero-order valence-electron chi connectivity index (χ0n) is 12.0. The number of hydrogen-bond donors (Lipinski definition) is 1. The van der Waals surface area contributed by atoms with Crippen molar-refractivity contribution in [3.8, 4) is 0 Å². The van der Waals surface area contributed by atoms with Crippen molar-refractivity contribution in [2.75, 3.05) is 11.5 Å². The predicted molar refractivity (Wildman–Crippen MR) is 82.5 cm³/mol. The largest absolute Gasteiger partial charge is 0.302 e. The molecule has 1 aromatic heterocycles. The third-order valence-electron chi connectivity index (χ3n) is 3.21. The van der Waals surface area contributed by atoms with E-state index < -0.39 is 0 Å². The van der Waals surface area contributed by atoms with E-state index in [0.29, 0.717) is 11.5 Å².